The standard InChI is InChI=1S/C14H21F3O4/c1-2-9-7-19-12(20-8-9)10-3-5-11(6-4-10)21-13(18)14(15,16)17/h9-12H,2-8H2,1H3. The van der Waals surface area contributed by atoms with E-state index in [0.29, 0.717) is 44.8 Å². The molecular weight excluding hydrogens is 289 g/mol. The first-order valence-electron chi connectivity index (χ1n) is 7.41. The molecule has 0 bridgehead atoms. The van der Waals surface area contributed by atoms with Crippen LogP contribution in [0.15, 0.2) is 0 Å². The van der Waals surface area contributed by atoms with E-state index in [2.05, 4.69) is 11.7 Å². The van der Waals surface area contributed by atoms with Crippen molar-refractivity contribution in [2.75, 3.05) is 13.2 Å². The third kappa shape index (κ3) is 4.57. The van der Waals surface area contributed by atoms with Gasteiger partial charge in [-0.1, -0.05) is 6.92 Å². The number of halogens is 3. The van der Waals surface area contributed by atoms with Crippen molar-refractivity contribution in [1.82, 2.24) is 0 Å². The van der Waals surface area contributed by atoms with Crippen LogP contribution in [0.3, 0.4) is 0 Å². The Balaban J connectivity index is 1.72. The van der Waals surface area contributed by atoms with Crippen molar-refractivity contribution in [2.45, 2.75) is 57.6 Å². The topological polar surface area (TPSA) is 44.8 Å². The smallest absolute Gasteiger partial charge is 0.456 e. The van der Waals surface area contributed by atoms with Crippen molar-refractivity contribution in [3.05, 3.63) is 0 Å². The molecule has 1 saturated heterocycles. The number of hydrogen-bond acceptors (Lipinski definition) is 4. The molecular formula is C14H21F3O4. The average molecular weight is 310 g/mol. The van der Waals surface area contributed by atoms with E-state index in [1.165, 1.54) is 0 Å². The number of rotatable bonds is 3. The first-order chi connectivity index (χ1) is 9.90. The fourth-order valence-electron chi connectivity index (χ4n) is 2.76. The zero-order valence-corrected chi connectivity index (χ0v) is 12.0. The summed E-state index contributed by atoms with van der Waals surface area (Å²) in [7, 11) is 0. The predicted molar refractivity (Wildman–Crippen MR) is 67.4 cm³/mol. The van der Waals surface area contributed by atoms with Crippen LogP contribution in [0.25, 0.3) is 0 Å². The third-order valence-electron chi connectivity index (χ3n) is 4.18. The van der Waals surface area contributed by atoms with E-state index >= 15 is 0 Å². The van der Waals surface area contributed by atoms with Gasteiger partial charge in [-0.25, -0.2) is 4.79 Å². The number of alkyl halides is 3. The van der Waals surface area contributed by atoms with Crippen molar-refractivity contribution in [1.29, 1.82) is 0 Å². The second-order valence-electron chi connectivity index (χ2n) is 5.75. The summed E-state index contributed by atoms with van der Waals surface area (Å²) in [5, 5.41) is 0. The molecule has 0 amide bonds. The van der Waals surface area contributed by atoms with Gasteiger partial charge < -0.3 is 14.2 Å². The maximum absolute atomic E-state index is 12.1. The molecule has 21 heavy (non-hydrogen) atoms. The summed E-state index contributed by atoms with van der Waals surface area (Å²) in [4.78, 5) is 10.8. The normalized spacial score (nSPS) is 34.5. The van der Waals surface area contributed by atoms with Gasteiger partial charge in [-0.2, -0.15) is 13.2 Å². The Morgan fingerprint density at radius 2 is 1.71 bits per heavy atom. The molecule has 122 valence electrons. The van der Waals surface area contributed by atoms with Gasteiger partial charge in [0, 0.05) is 11.8 Å². The van der Waals surface area contributed by atoms with Crippen LogP contribution in [0.5, 0.6) is 0 Å². The number of esters is 1. The van der Waals surface area contributed by atoms with Crippen LogP contribution in [-0.4, -0.2) is 37.8 Å². The Kier molecular flexibility index (Phi) is 5.48. The molecule has 0 radical (unpaired) electrons. The quantitative estimate of drug-likeness (QED) is 0.752. The van der Waals surface area contributed by atoms with Crippen LogP contribution in [0.1, 0.15) is 39.0 Å². The van der Waals surface area contributed by atoms with E-state index in [1.807, 2.05) is 0 Å². The van der Waals surface area contributed by atoms with Gasteiger partial charge in [0.15, 0.2) is 6.29 Å². The molecule has 0 N–H and O–H groups in total. The summed E-state index contributed by atoms with van der Waals surface area (Å²) in [5.74, 6) is -1.50. The maximum Gasteiger partial charge on any atom is 0.490 e. The second kappa shape index (κ2) is 6.96. The summed E-state index contributed by atoms with van der Waals surface area (Å²) < 4.78 is 52.2. The van der Waals surface area contributed by atoms with E-state index in [1.54, 1.807) is 0 Å². The summed E-state index contributed by atoms with van der Waals surface area (Å²) >= 11 is 0. The van der Waals surface area contributed by atoms with Crippen LogP contribution >= 0.6 is 0 Å². The fourth-order valence-corrected chi connectivity index (χ4v) is 2.76. The van der Waals surface area contributed by atoms with Gasteiger partial charge in [-0.3, -0.25) is 0 Å². The van der Waals surface area contributed by atoms with Gasteiger partial charge in [0.05, 0.1) is 13.2 Å². The number of ether oxygens (including phenoxy) is 3. The molecule has 1 aliphatic carbocycles. The molecule has 0 atom stereocenters. The fraction of sp³-hybridized carbons (Fsp3) is 0.929. The predicted octanol–water partition coefficient (Wildman–Crippen LogP) is 3.05. The van der Waals surface area contributed by atoms with Crippen molar-refractivity contribution >= 4 is 5.97 Å². The Hall–Kier alpha value is -0.820. The van der Waals surface area contributed by atoms with Gasteiger partial charge in [0.25, 0.3) is 0 Å². The SMILES string of the molecule is CCC1COC(C2CCC(OC(=O)C(F)(F)F)CC2)OC1. The van der Waals surface area contributed by atoms with Gasteiger partial charge in [0.2, 0.25) is 0 Å². The van der Waals surface area contributed by atoms with E-state index in [4.69, 9.17) is 9.47 Å². The average Bonchev–Trinajstić information content (AvgIpc) is 2.47. The van der Waals surface area contributed by atoms with E-state index in [9.17, 15) is 18.0 Å². The molecule has 7 heteroatoms. The number of carbonyl (C=O) groups is 1. The molecule has 1 saturated carbocycles. The number of hydrogen-bond donors (Lipinski definition) is 0. The maximum atomic E-state index is 12.1. The summed E-state index contributed by atoms with van der Waals surface area (Å²) in [6.45, 7) is 3.42. The van der Waals surface area contributed by atoms with E-state index in [0.717, 1.165) is 6.42 Å². The minimum absolute atomic E-state index is 0.170. The van der Waals surface area contributed by atoms with Crippen LogP contribution < -0.4 is 0 Å². The molecule has 1 aliphatic heterocycles. The Bertz CT molecular complexity index is 343. The molecule has 0 unspecified atom stereocenters. The zero-order chi connectivity index (χ0) is 15.5. The highest BCUT2D eigenvalue weighted by molar-refractivity contribution is 5.75. The highest BCUT2D eigenvalue weighted by Gasteiger charge is 2.43. The molecule has 2 rings (SSSR count). The highest BCUT2D eigenvalue weighted by Crippen LogP contribution is 2.33. The van der Waals surface area contributed by atoms with Gasteiger partial charge >= 0.3 is 12.1 Å². The van der Waals surface area contributed by atoms with Gasteiger partial charge in [-0.15, -0.1) is 0 Å². The van der Waals surface area contributed by atoms with Crippen LogP contribution in [0, 0.1) is 11.8 Å². The Morgan fingerprint density at radius 1 is 1.14 bits per heavy atom. The van der Waals surface area contributed by atoms with Crippen LogP contribution in [0.2, 0.25) is 0 Å². The lowest BCUT2D eigenvalue weighted by Gasteiger charge is -2.37. The summed E-state index contributed by atoms with van der Waals surface area (Å²) in [6, 6.07) is 0. The lowest BCUT2D eigenvalue weighted by molar-refractivity contribution is -0.233. The van der Waals surface area contributed by atoms with Gasteiger partial charge in [0.1, 0.15) is 6.10 Å². The lowest BCUT2D eigenvalue weighted by atomic mass is 9.86. The van der Waals surface area contributed by atoms with E-state index in [-0.39, 0.29) is 12.2 Å². The highest BCUT2D eigenvalue weighted by atomic mass is 19.4. The Labute approximate surface area is 121 Å². The van der Waals surface area contributed by atoms with Crippen molar-refractivity contribution < 1.29 is 32.2 Å². The number of carbonyl (C=O) groups excluding carboxylic acids is 1. The Morgan fingerprint density at radius 3 is 2.19 bits per heavy atom. The monoisotopic (exact) mass is 310 g/mol. The zero-order valence-electron chi connectivity index (χ0n) is 12.0. The minimum atomic E-state index is -4.92. The largest absolute Gasteiger partial charge is 0.490 e. The first kappa shape index (κ1) is 16.5. The summed E-state index contributed by atoms with van der Waals surface area (Å²) in [6.07, 6.45) is -2.68. The molecule has 2 fully saturated rings. The van der Waals surface area contributed by atoms with Gasteiger partial charge in [-0.05, 0) is 32.1 Å². The van der Waals surface area contributed by atoms with Crippen molar-refractivity contribution in [3.63, 3.8) is 0 Å². The van der Waals surface area contributed by atoms with Crippen molar-refractivity contribution in [3.8, 4) is 0 Å². The van der Waals surface area contributed by atoms with Crippen LogP contribution in [-0.2, 0) is 19.0 Å². The van der Waals surface area contributed by atoms with E-state index < -0.39 is 18.2 Å². The molecule has 1 heterocycles. The first-order valence-corrected chi connectivity index (χ1v) is 7.41. The molecule has 0 aromatic carbocycles. The second-order valence-corrected chi connectivity index (χ2v) is 5.75. The minimum Gasteiger partial charge on any atom is -0.456 e. The third-order valence-corrected chi connectivity index (χ3v) is 4.18. The summed E-state index contributed by atoms with van der Waals surface area (Å²) in [5.41, 5.74) is 0. The lowest BCUT2D eigenvalue weighted by Crippen LogP contribution is -2.40. The van der Waals surface area contributed by atoms with Crippen LogP contribution in [0.4, 0.5) is 13.2 Å². The molecule has 0 aromatic heterocycles. The molecule has 4 nitrogen and oxygen atoms in total. The molecule has 0 aromatic rings. The van der Waals surface area contributed by atoms with Crippen molar-refractivity contribution in [2.24, 2.45) is 11.8 Å². The molecule has 2 aliphatic rings. The molecule has 0 spiro atoms.